The van der Waals surface area contributed by atoms with Crippen molar-refractivity contribution in [1.29, 1.82) is 0 Å². The van der Waals surface area contributed by atoms with Crippen LogP contribution in [0.5, 0.6) is 0 Å². The minimum Gasteiger partial charge on any atom is -0.382 e. The number of aliphatic hydroxyl groups excluding tert-OH is 1. The first kappa shape index (κ1) is 10.2. The van der Waals surface area contributed by atoms with Gasteiger partial charge in [0.15, 0.2) is 0 Å². The maximum Gasteiger partial charge on any atom is 0.132 e. The highest BCUT2D eigenvalue weighted by Gasteiger charge is 2.20. The van der Waals surface area contributed by atoms with E-state index in [0.717, 1.165) is 12.1 Å². The lowest BCUT2D eigenvalue weighted by molar-refractivity contribution is 0.205. The zero-order valence-electron chi connectivity index (χ0n) is 7.52. The Morgan fingerprint density at radius 1 is 1.27 bits per heavy atom. The average molecular weight is 227 g/mol. The van der Waals surface area contributed by atoms with Crippen LogP contribution in [0, 0.1) is 11.6 Å². The predicted molar refractivity (Wildman–Crippen MR) is 52.5 cm³/mol. The van der Waals surface area contributed by atoms with Crippen molar-refractivity contribution < 1.29 is 13.9 Å². The van der Waals surface area contributed by atoms with Gasteiger partial charge in [-0.15, -0.1) is 11.3 Å². The van der Waals surface area contributed by atoms with E-state index in [-0.39, 0.29) is 11.3 Å². The number of halogens is 2. The normalized spacial score (nSPS) is 12.7. The van der Waals surface area contributed by atoms with E-state index in [1.54, 1.807) is 5.38 Å². The summed E-state index contributed by atoms with van der Waals surface area (Å²) in [6, 6.07) is 3.46. The third kappa shape index (κ3) is 1.88. The van der Waals surface area contributed by atoms with Gasteiger partial charge in [-0.2, -0.15) is 0 Å². The molecular weight excluding hydrogens is 220 g/mol. The first-order valence-electron chi connectivity index (χ1n) is 4.20. The highest BCUT2D eigenvalue weighted by molar-refractivity contribution is 7.07. The minimum absolute atomic E-state index is 0.254. The average Bonchev–Trinajstić information content (AvgIpc) is 2.69. The molecule has 0 amide bonds. The second-order valence-electron chi connectivity index (χ2n) is 2.95. The van der Waals surface area contributed by atoms with Crippen LogP contribution in [-0.4, -0.2) is 10.1 Å². The Morgan fingerprint density at radius 3 is 2.47 bits per heavy atom. The fraction of sp³-hybridized carbons (Fsp3) is 0.100. The Bertz CT molecular complexity index is 438. The number of nitrogens with zero attached hydrogens (tertiary/aromatic N) is 1. The minimum atomic E-state index is -1.35. The van der Waals surface area contributed by atoms with Gasteiger partial charge in [-0.05, 0) is 12.1 Å². The van der Waals surface area contributed by atoms with E-state index in [4.69, 9.17) is 0 Å². The van der Waals surface area contributed by atoms with Crippen molar-refractivity contribution in [3.63, 3.8) is 0 Å². The van der Waals surface area contributed by atoms with Crippen LogP contribution in [0.25, 0.3) is 0 Å². The second-order valence-corrected chi connectivity index (χ2v) is 3.67. The van der Waals surface area contributed by atoms with Gasteiger partial charge in [0.25, 0.3) is 0 Å². The Morgan fingerprint density at radius 2 is 1.93 bits per heavy atom. The standard InChI is InChI=1S/C10H7F2NOS/c11-6-2-1-3-7(12)9(6)10(14)8-4-15-5-13-8/h1-5,10,14H. The number of rotatable bonds is 2. The fourth-order valence-corrected chi connectivity index (χ4v) is 1.85. The van der Waals surface area contributed by atoms with E-state index >= 15 is 0 Å². The molecule has 2 nitrogen and oxygen atoms in total. The van der Waals surface area contributed by atoms with E-state index in [9.17, 15) is 13.9 Å². The van der Waals surface area contributed by atoms with Gasteiger partial charge in [0.05, 0.1) is 16.8 Å². The lowest BCUT2D eigenvalue weighted by Gasteiger charge is -2.10. The molecule has 0 saturated carbocycles. The van der Waals surface area contributed by atoms with Gasteiger partial charge in [0.2, 0.25) is 0 Å². The molecule has 1 heterocycles. The molecule has 0 bridgehead atoms. The number of aliphatic hydroxyl groups is 1. The van der Waals surface area contributed by atoms with Crippen molar-refractivity contribution in [1.82, 2.24) is 4.98 Å². The SMILES string of the molecule is OC(c1cscn1)c1c(F)cccc1F. The van der Waals surface area contributed by atoms with Gasteiger partial charge in [0.1, 0.15) is 17.7 Å². The van der Waals surface area contributed by atoms with Crippen LogP contribution >= 0.6 is 11.3 Å². The summed E-state index contributed by atoms with van der Waals surface area (Å²) in [5.41, 5.74) is 1.39. The third-order valence-corrected chi connectivity index (χ3v) is 2.61. The van der Waals surface area contributed by atoms with Crippen molar-refractivity contribution >= 4 is 11.3 Å². The summed E-state index contributed by atoms with van der Waals surface area (Å²) in [6.45, 7) is 0. The Hall–Kier alpha value is -1.33. The van der Waals surface area contributed by atoms with Gasteiger partial charge in [-0.1, -0.05) is 6.07 Å². The molecule has 1 aromatic carbocycles. The van der Waals surface area contributed by atoms with E-state index < -0.39 is 17.7 Å². The topological polar surface area (TPSA) is 33.1 Å². The van der Waals surface area contributed by atoms with E-state index in [0.29, 0.717) is 0 Å². The molecule has 0 saturated heterocycles. The molecule has 1 unspecified atom stereocenters. The number of benzene rings is 1. The predicted octanol–water partition coefficient (Wildman–Crippen LogP) is 2.50. The Kier molecular flexibility index (Phi) is 2.75. The molecule has 0 aliphatic rings. The summed E-state index contributed by atoms with van der Waals surface area (Å²) in [5.74, 6) is -1.54. The second kappa shape index (κ2) is 4.04. The van der Waals surface area contributed by atoms with Gasteiger partial charge < -0.3 is 5.11 Å². The molecule has 1 N–H and O–H groups in total. The number of hydrogen-bond acceptors (Lipinski definition) is 3. The molecule has 1 aromatic heterocycles. The molecule has 1 atom stereocenters. The maximum absolute atomic E-state index is 13.3. The molecular formula is C10H7F2NOS. The summed E-state index contributed by atoms with van der Waals surface area (Å²) >= 11 is 1.26. The molecule has 78 valence electrons. The van der Waals surface area contributed by atoms with Crippen molar-refractivity contribution in [3.05, 3.63) is 52.0 Å². The van der Waals surface area contributed by atoms with E-state index in [1.165, 1.54) is 22.9 Å². The molecule has 5 heteroatoms. The number of aromatic nitrogens is 1. The Balaban J connectivity index is 2.46. The molecule has 15 heavy (non-hydrogen) atoms. The van der Waals surface area contributed by atoms with Gasteiger partial charge in [-0.3, -0.25) is 0 Å². The summed E-state index contributed by atoms with van der Waals surface area (Å²) in [5, 5.41) is 11.3. The highest BCUT2D eigenvalue weighted by Crippen LogP contribution is 2.26. The zero-order chi connectivity index (χ0) is 10.8. The van der Waals surface area contributed by atoms with Crippen molar-refractivity contribution in [2.45, 2.75) is 6.10 Å². The third-order valence-electron chi connectivity index (χ3n) is 2.00. The lowest BCUT2D eigenvalue weighted by atomic mass is 10.1. The van der Waals surface area contributed by atoms with Crippen molar-refractivity contribution in [2.24, 2.45) is 0 Å². The molecule has 2 rings (SSSR count). The molecule has 0 aliphatic heterocycles. The van der Waals surface area contributed by atoms with Crippen molar-refractivity contribution in [3.8, 4) is 0 Å². The molecule has 0 radical (unpaired) electrons. The van der Waals surface area contributed by atoms with Crippen LogP contribution in [0.1, 0.15) is 17.4 Å². The summed E-state index contributed by atoms with van der Waals surface area (Å²) in [7, 11) is 0. The summed E-state index contributed by atoms with van der Waals surface area (Å²) in [6.07, 6.45) is -1.35. The molecule has 2 aromatic rings. The highest BCUT2D eigenvalue weighted by atomic mass is 32.1. The summed E-state index contributed by atoms with van der Waals surface area (Å²) in [4.78, 5) is 3.81. The van der Waals surface area contributed by atoms with E-state index in [1.807, 2.05) is 0 Å². The quantitative estimate of drug-likeness (QED) is 0.855. The molecule has 0 spiro atoms. The maximum atomic E-state index is 13.3. The zero-order valence-corrected chi connectivity index (χ0v) is 8.34. The Labute approximate surface area is 88.8 Å². The largest absolute Gasteiger partial charge is 0.382 e. The number of hydrogen-bond donors (Lipinski definition) is 1. The van der Waals surface area contributed by atoms with Gasteiger partial charge in [0, 0.05) is 5.38 Å². The van der Waals surface area contributed by atoms with Crippen LogP contribution < -0.4 is 0 Å². The smallest absolute Gasteiger partial charge is 0.132 e. The van der Waals surface area contributed by atoms with Gasteiger partial charge in [-0.25, -0.2) is 13.8 Å². The van der Waals surface area contributed by atoms with Crippen LogP contribution in [0.15, 0.2) is 29.1 Å². The van der Waals surface area contributed by atoms with Crippen LogP contribution in [0.4, 0.5) is 8.78 Å². The van der Waals surface area contributed by atoms with Gasteiger partial charge >= 0.3 is 0 Å². The van der Waals surface area contributed by atoms with Crippen LogP contribution in [-0.2, 0) is 0 Å². The van der Waals surface area contributed by atoms with Crippen LogP contribution in [0.2, 0.25) is 0 Å². The molecule has 0 fully saturated rings. The van der Waals surface area contributed by atoms with Crippen molar-refractivity contribution in [2.75, 3.05) is 0 Å². The molecule has 0 aliphatic carbocycles. The summed E-state index contributed by atoms with van der Waals surface area (Å²) < 4.78 is 26.5. The number of thiazole rings is 1. The van der Waals surface area contributed by atoms with Crippen LogP contribution in [0.3, 0.4) is 0 Å². The monoisotopic (exact) mass is 227 g/mol. The first-order chi connectivity index (χ1) is 7.20. The van der Waals surface area contributed by atoms with E-state index in [2.05, 4.69) is 4.98 Å². The first-order valence-corrected chi connectivity index (χ1v) is 5.14. The lowest BCUT2D eigenvalue weighted by Crippen LogP contribution is -2.05. The fourth-order valence-electron chi connectivity index (χ4n) is 1.28.